The highest BCUT2D eigenvalue weighted by Crippen LogP contribution is 2.28. The van der Waals surface area contributed by atoms with Crippen molar-refractivity contribution in [2.24, 2.45) is 10.9 Å². The summed E-state index contributed by atoms with van der Waals surface area (Å²) in [6.45, 7) is 0. The van der Waals surface area contributed by atoms with Crippen molar-refractivity contribution in [2.75, 3.05) is 5.32 Å². The number of amides is 2. The Morgan fingerprint density at radius 1 is 0.889 bits per heavy atom. The van der Waals surface area contributed by atoms with Crippen LogP contribution in [0.5, 0.6) is 5.75 Å². The Morgan fingerprint density at radius 3 is 2.11 bits per heavy atom. The Hall–Kier alpha value is -4.40. The number of carbonyl (C=O) groups excluding carboxylic acids is 2. The lowest BCUT2D eigenvalue weighted by atomic mass is 9.82. The van der Waals surface area contributed by atoms with Crippen LogP contribution >= 0.6 is 0 Å². The molecule has 36 heavy (non-hydrogen) atoms. The number of nitrogens with zero attached hydrogens (tertiary/aromatic N) is 2. The molecule has 0 aromatic heterocycles. The number of hydrogen-bond donors (Lipinski definition) is 2. The maximum Gasteiger partial charge on any atom is 0.319 e. The monoisotopic (exact) mass is 480 g/mol. The van der Waals surface area contributed by atoms with Crippen LogP contribution in [0.1, 0.15) is 42.4 Å². The van der Waals surface area contributed by atoms with Crippen molar-refractivity contribution in [2.45, 2.75) is 44.6 Å². The van der Waals surface area contributed by atoms with E-state index < -0.39 is 0 Å². The molecular weight excluding hydrogens is 452 g/mol. The zero-order valence-electron chi connectivity index (χ0n) is 19.9. The fourth-order valence-electron chi connectivity index (χ4n) is 4.63. The lowest BCUT2D eigenvalue weighted by molar-refractivity contribution is 0.237. The zero-order chi connectivity index (χ0) is 25.2. The molecule has 7 heteroatoms. The average molecular weight is 481 g/mol. The molecule has 7 nitrogen and oxygen atoms in total. The molecule has 0 unspecified atom stereocenters. The van der Waals surface area contributed by atoms with Gasteiger partial charge in [-0.05, 0) is 97.5 Å². The largest absolute Gasteiger partial charge is 0.388 e. The van der Waals surface area contributed by atoms with Crippen LogP contribution in [-0.2, 0) is 17.6 Å². The molecule has 0 spiro atoms. The lowest BCUT2D eigenvalue weighted by Crippen LogP contribution is -2.40. The Morgan fingerprint density at radius 2 is 1.50 bits per heavy atom. The van der Waals surface area contributed by atoms with Crippen LogP contribution in [0, 0.1) is 17.4 Å². The van der Waals surface area contributed by atoms with Gasteiger partial charge >= 0.3 is 6.03 Å². The predicted octanol–water partition coefficient (Wildman–Crippen LogP) is 6.03. The summed E-state index contributed by atoms with van der Waals surface area (Å²) in [5.41, 5.74) is 4.85. The molecule has 0 saturated heterocycles. The van der Waals surface area contributed by atoms with Crippen LogP contribution in [-0.4, -0.2) is 18.2 Å². The molecule has 1 fully saturated rings. The first-order chi connectivity index (χ1) is 17.6. The Kier molecular flexibility index (Phi) is 8.48. The van der Waals surface area contributed by atoms with Gasteiger partial charge in [0, 0.05) is 11.7 Å². The number of hydrogen-bond acceptors (Lipinski definition) is 5. The van der Waals surface area contributed by atoms with E-state index in [1.807, 2.05) is 60.7 Å². The van der Waals surface area contributed by atoms with Gasteiger partial charge in [-0.15, -0.1) is 5.26 Å². The number of urea groups is 1. The maximum atomic E-state index is 12.5. The van der Waals surface area contributed by atoms with Crippen molar-refractivity contribution >= 4 is 23.5 Å². The third-order valence-electron chi connectivity index (χ3n) is 6.52. The molecule has 2 amide bonds. The van der Waals surface area contributed by atoms with E-state index in [2.05, 4.69) is 15.6 Å². The summed E-state index contributed by atoms with van der Waals surface area (Å²) < 4.78 is 4.80. The number of nitriles is 1. The first-order valence-corrected chi connectivity index (χ1v) is 12.1. The minimum atomic E-state index is -0.175. The number of benzene rings is 3. The molecular formula is C29H28N4O3. The summed E-state index contributed by atoms with van der Waals surface area (Å²) in [4.78, 5) is 26.5. The van der Waals surface area contributed by atoms with Crippen molar-refractivity contribution in [3.05, 3.63) is 89.5 Å². The SMILES string of the molecule is N#COc1ccc(Cc2ccc(NC(=O)NC3CCC(Cc4ccc(N=C=O)cc4)CC3)cc2)cc1. The van der Waals surface area contributed by atoms with Crippen LogP contribution < -0.4 is 15.4 Å². The van der Waals surface area contributed by atoms with E-state index in [0.717, 1.165) is 55.3 Å². The van der Waals surface area contributed by atoms with E-state index in [1.54, 1.807) is 24.5 Å². The molecule has 0 heterocycles. The minimum Gasteiger partial charge on any atom is -0.388 e. The van der Waals surface area contributed by atoms with Crippen molar-refractivity contribution in [1.82, 2.24) is 5.32 Å². The van der Waals surface area contributed by atoms with Gasteiger partial charge in [-0.1, -0.05) is 36.4 Å². The van der Waals surface area contributed by atoms with Gasteiger partial charge in [-0.25, -0.2) is 9.59 Å². The van der Waals surface area contributed by atoms with Gasteiger partial charge in [0.25, 0.3) is 6.26 Å². The molecule has 3 aromatic rings. The van der Waals surface area contributed by atoms with Crippen LogP contribution in [0.15, 0.2) is 77.8 Å². The van der Waals surface area contributed by atoms with E-state index in [9.17, 15) is 9.59 Å². The summed E-state index contributed by atoms with van der Waals surface area (Å²) in [6.07, 6.45) is 9.02. The Bertz CT molecular complexity index is 1230. The maximum absolute atomic E-state index is 12.5. The fourth-order valence-corrected chi connectivity index (χ4v) is 4.63. The van der Waals surface area contributed by atoms with Gasteiger partial charge in [0.1, 0.15) is 5.75 Å². The minimum absolute atomic E-state index is 0.175. The summed E-state index contributed by atoms with van der Waals surface area (Å²) in [7, 11) is 0. The summed E-state index contributed by atoms with van der Waals surface area (Å²) in [5, 5.41) is 14.6. The predicted molar refractivity (Wildman–Crippen MR) is 138 cm³/mol. The molecule has 0 aliphatic heterocycles. The van der Waals surface area contributed by atoms with Crippen molar-refractivity contribution in [3.63, 3.8) is 0 Å². The van der Waals surface area contributed by atoms with E-state index in [-0.39, 0.29) is 12.1 Å². The highest BCUT2D eigenvalue weighted by Gasteiger charge is 2.22. The standard InChI is InChI=1S/C29H28N4O3/c30-19-36-28-15-7-24(8-16-28)18-23-5-13-27(14-6-23)33-29(35)32-26-11-3-22(4-12-26)17-21-1-9-25(10-2-21)31-20-34/h1-2,5-10,13-16,22,26H,3-4,11-12,17-18H2,(H2,32,33,35). The van der Waals surface area contributed by atoms with Gasteiger partial charge in [-0.3, -0.25) is 0 Å². The van der Waals surface area contributed by atoms with Crippen LogP contribution in [0.4, 0.5) is 16.2 Å². The normalized spacial score (nSPS) is 16.8. The molecule has 1 saturated carbocycles. The van der Waals surface area contributed by atoms with Crippen molar-refractivity contribution in [1.29, 1.82) is 5.26 Å². The molecule has 0 radical (unpaired) electrons. The quantitative estimate of drug-likeness (QED) is 0.233. The number of ether oxygens (including phenoxy) is 1. The number of nitrogens with one attached hydrogen (secondary N) is 2. The second kappa shape index (κ2) is 12.3. The highest BCUT2D eigenvalue weighted by molar-refractivity contribution is 5.89. The summed E-state index contributed by atoms with van der Waals surface area (Å²) in [6, 6.07) is 22.9. The van der Waals surface area contributed by atoms with E-state index in [4.69, 9.17) is 10.00 Å². The molecule has 0 bridgehead atoms. The first-order valence-electron chi connectivity index (χ1n) is 12.1. The van der Waals surface area contributed by atoms with Gasteiger partial charge < -0.3 is 15.4 Å². The molecule has 0 atom stereocenters. The molecule has 1 aliphatic rings. The first kappa shape index (κ1) is 24.7. The molecule has 2 N–H and O–H groups in total. The smallest absolute Gasteiger partial charge is 0.319 e. The van der Waals surface area contributed by atoms with Crippen LogP contribution in [0.3, 0.4) is 0 Å². The number of anilines is 1. The van der Waals surface area contributed by atoms with Gasteiger partial charge in [0.2, 0.25) is 6.08 Å². The van der Waals surface area contributed by atoms with E-state index in [1.165, 1.54) is 5.56 Å². The van der Waals surface area contributed by atoms with Gasteiger partial charge in [0.15, 0.2) is 0 Å². The van der Waals surface area contributed by atoms with Crippen LogP contribution in [0.25, 0.3) is 0 Å². The van der Waals surface area contributed by atoms with Crippen molar-refractivity contribution in [3.8, 4) is 12.0 Å². The van der Waals surface area contributed by atoms with Crippen molar-refractivity contribution < 1.29 is 14.3 Å². The van der Waals surface area contributed by atoms with Crippen LogP contribution in [0.2, 0.25) is 0 Å². The second-order valence-electron chi connectivity index (χ2n) is 9.10. The van der Waals surface area contributed by atoms with E-state index >= 15 is 0 Å². The molecule has 4 rings (SSSR count). The zero-order valence-corrected chi connectivity index (χ0v) is 19.9. The number of isocyanates is 1. The topological polar surface area (TPSA) is 104 Å². The van der Waals surface area contributed by atoms with Gasteiger partial charge in [0.05, 0.1) is 5.69 Å². The molecule has 182 valence electrons. The second-order valence-corrected chi connectivity index (χ2v) is 9.10. The van der Waals surface area contributed by atoms with Gasteiger partial charge in [-0.2, -0.15) is 4.99 Å². The van der Waals surface area contributed by atoms with E-state index in [0.29, 0.717) is 17.4 Å². The lowest BCUT2D eigenvalue weighted by Gasteiger charge is -2.29. The fraction of sp³-hybridized carbons (Fsp3) is 0.276. The number of carbonyl (C=O) groups is 1. The average Bonchev–Trinajstić information content (AvgIpc) is 2.89. The number of aliphatic imine (C=N–C) groups is 1. The number of rotatable bonds is 8. The highest BCUT2D eigenvalue weighted by atomic mass is 16.5. The Labute approximate surface area is 210 Å². The molecule has 1 aliphatic carbocycles. The summed E-state index contributed by atoms with van der Waals surface area (Å²) in [5.74, 6) is 1.12. The summed E-state index contributed by atoms with van der Waals surface area (Å²) >= 11 is 0. The third kappa shape index (κ3) is 7.30. The Balaban J connectivity index is 1.19. The molecule has 3 aromatic carbocycles. The third-order valence-corrected chi connectivity index (χ3v) is 6.52.